The molecule has 1 aromatic heterocycles. The van der Waals surface area contributed by atoms with Crippen molar-refractivity contribution >= 4 is 22.8 Å². The zero-order chi connectivity index (χ0) is 21.4. The molecule has 3 aromatic rings. The molecule has 1 saturated heterocycles. The Balaban J connectivity index is 1.60. The molecule has 2 aliphatic heterocycles. The van der Waals surface area contributed by atoms with E-state index in [1.807, 2.05) is 13.0 Å². The van der Waals surface area contributed by atoms with Gasteiger partial charge in [-0.05, 0) is 69.8 Å². The van der Waals surface area contributed by atoms with Crippen molar-refractivity contribution in [2.24, 2.45) is 0 Å². The van der Waals surface area contributed by atoms with Crippen molar-refractivity contribution in [2.45, 2.75) is 57.5 Å². The molecule has 1 fully saturated rings. The number of rotatable bonds is 4. The molecule has 0 unspecified atom stereocenters. The van der Waals surface area contributed by atoms with Gasteiger partial charge < -0.3 is 15.0 Å². The Kier molecular flexibility index (Phi) is 5.40. The fraction of sp³-hybridized carbons (Fsp3) is 0.440. The van der Waals surface area contributed by atoms with E-state index in [0.29, 0.717) is 6.04 Å². The lowest BCUT2D eigenvalue weighted by molar-refractivity contribution is 0.198. The minimum absolute atomic E-state index is 0.00787. The van der Waals surface area contributed by atoms with Crippen LogP contribution in [-0.4, -0.2) is 39.9 Å². The Hall–Kier alpha value is -2.86. The van der Waals surface area contributed by atoms with Gasteiger partial charge in [-0.1, -0.05) is 30.3 Å². The van der Waals surface area contributed by atoms with Crippen LogP contribution in [0, 0.1) is 0 Å². The van der Waals surface area contributed by atoms with Gasteiger partial charge >= 0.3 is 6.09 Å². The lowest BCUT2D eigenvalue weighted by Gasteiger charge is -2.33. The predicted octanol–water partition coefficient (Wildman–Crippen LogP) is 4.57. The van der Waals surface area contributed by atoms with Gasteiger partial charge in [0.1, 0.15) is 5.82 Å². The zero-order valence-corrected chi connectivity index (χ0v) is 18.1. The van der Waals surface area contributed by atoms with E-state index in [1.54, 1.807) is 0 Å². The smallest absolute Gasteiger partial charge is 0.412 e. The number of aryl methyl sites for hydroxylation is 3. The molecule has 2 aromatic carbocycles. The predicted molar refractivity (Wildman–Crippen MR) is 123 cm³/mol. The largest absolute Gasteiger partial charge is 0.465 e. The molecule has 6 heteroatoms. The summed E-state index contributed by atoms with van der Waals surface area (Å²) in [4.78, 5) is 18.6. The van der Waals surface area contributed by atoms with E-state index in [1.165, 1.54) is 10.5 Å². The summed E-state index contributed by atoms with van der Waals surface area (Å²) in [6, 6.07) is 15.1. The molecule has 162 valence electrons. The number of imidazole rings is 1. The maximum Gasteiger partial charge on any atom is 0.412 e. The van der Waals surface area contributed by atoms with E-state index in [-0.39, 0.29) is 6.04 Å². The summed E-state index contributed by atoms with van der Waals surface area (Å²) < 4.78 is 2.46. The summed E-state index contributed by atoms with van der Waals surface area (Å²) in [7, 11) is 0. The molecule has 31 heavy (non-hydrogen) atoms. The quantitative estimate of drug-likeness (QED) is 0.651. The van der Waals surface area contributed by atoms with Crippen molar-refractivity contribution in [1.82, 2.24) is 14.9 Å². The highest BCUT2D eigenvalue weighted by Gasteiger charge is 2.31. The average molecular weight is 419 g/mol. The highest BCUT2D eigenvalue weighted by molar-refractivity contribution is 5.94. The number of aromatic nitrogens is 2. The van der Waals surface area contributed by atoms with Crippen molar-refractivity contribution in [3.63, 3.8) is 0 Å². The van der Waals surface area contributed by atoms with Crippen molar-refractivity contribution in [2.75, 3.05) is 18.0 Å². The third-order valence-corrected chi connectivity index (χ3v) is 6.89. The number of anilines is 1. The van der Waals surface area contributed by atoms with Crippen LogP contribution in [0.15, 0.2) is 42.5 Å². The number of benzene rings is 2. The molecule has 5 rings (SSSR count). The Morgan fingerprint density at radius 3 is 2.61 bits per heavy atom. The summed E-state index contributed by atoms with van der Waals surface area (Å²) in [5.74, 6) is 1.12. The fourth-order valence-electron chi connectivity index (χ4n) is 5.29. The van der Waals surface area contributed by atoms with E-state index in [2.05, 4.69) is 46.3 Å². The molecule has 6 nitrogen and oxygen atoms in total. The first-order valence-corrected chi connectivity index (χ1v) is 11.4. The molecule has 1 amide bonds. The van der Waals surface area contributed by atoms with Crippen LogP contribution in [0.1, 0.15) is 49.2 Å². The molecule has 0 radical (unpaired) electrons. The van der Waals surface area contributed by atoms with Gasteiger partial charge in [0.25, 0.3) is 0 Å². The van der Waals surface area contributed by atoms with Crippen LogP contribution in [0.4, 0.5) is 10.5 Å². The number of fused-ring (bicyclic) bond motifs is 3. The first kappa shape index (κ1) is 20.1. The molecule has 0 aliphatic carbocycles. The van der Waals surface area contributed by atoms with Crippen LogP contribution >= 0.6 is 0 Å². The Labute approximate surface area is 182 Å². The molecule has 0 saturated carbocycles. The summed E-state index contributed by atoms with van der Waals surface area (Å²) in [5.41, 5.74) is 5.38. The van der Waals surface area contributed by atoms with Crippen LogP contribution in [0.2, 0.25) is 0 Å². The van der Waals surface area contributed by atoms with E-state index in [0.717, 1.165) is 79.7 Å². The average Bonchev–Trinajstić information content (AvgIpc) is 3.17. The maximum atomic E-state index is 11.9. The summed E-state index contributed by atoms with van der Waals surface area (Å²) in [6.07, 6.45) is 4.86. The fourth-order valence-corrected chi connectivity index (χ4v) is 5.29. The molecule has 1 atom stereocenters. The minimum Gasteiger partial charge on any atom is -0.465 e. The molecular weight excluding hydrogens is 388 g/mol. The number of piperidine rings is 1. The van der Waals surface area contributed by atoms with Gasteiger partial charge in [0, 0.05) is 24.1 Å². The number of hydrogen-bond acceptors (Lipinski definition) is 3. The standard InChI is InChI=1S/C25H30N4O2/c1-17-7-9-20-21(28(17)25(30)31)10-11-22-24(20)27-23(12-8-18-5-3-2-4-6-18)29(22)19-13-15-26-16-14-19/h2-6,10-11,17,19,26H,7-9,12-16H2,1H3,(H,30,31)/t17-/m0/s1. The number of nitrogens with one attached hydrogen (secondary N) is 1. The number of carbonyl (C=O) groups is 1. The van der Waals surface area contributed by atoms with Crippen LogP contribution in [0.3, 0.4) is 0 Å². The van der Waals surface area contributed by atoms with Crippen molar-refractivity contribution in [3.8, 4) is 0 Å². The second-order valence-corrected chi connectivity index (χ2v) is 8.84. The zero-order valence-electron chi connectivity index (χ0n) is 18.1. The number of carboxylic acid groups (broad SMARTS) is 1. The van der Waals surface area contributed by atoms with Gasteiger partial charge in [0.2, 0.25) is 0 Å². The lowest BCUT2D eigenvalue weighted by Crippen LogP contribution is -2.41. The molecule has 3 heterocycles. The maximum absolute atomic E-state index is 11.9. The monoisotopic (exact) mass is 418 g/mol. The van der Waals surface area contributed by atoms with Crippen molar-refractivity contribution in [3.05, 3.63) is 59.4 Å². The first-order valence-electron chi connectivity index (χ1n) is 11.4. The summed E-state index contributed by atoms with van der Waals surface area (Å²) >= 11 is 0. The van der Waals surface area contributed by atoms with E-state index in [9.17, 15) is 9.90 Å². The third kappa shape index (κ3) is 3.69. The molecule has 0 bridgehead atoms. The molecule has 2 aliphatic rings. The number of hydrogen-bond donors (Lipinski definition) is 2. The van der Waals surface area contributed by atoms with Gasteiger partial charge in [0.05, 0.1) is 16.7 Å². The van der Waals surface area contributed by atoms with Crippen molar-refractivity contribution in [1.29, 1.82) is 0 Å². The highest BCUT2D eigenvalue weighted by atomic mass is 16.4. The van der Waals surface area contributed by atoms with Crippen LogP contribution in [0.5, 0.6) is 0 Å². The van der Waals surface area contributed by atoms with Crippen LogP contribution in [0.25, 0.3) is 11.0 Å². The van der Waals surface area contributed by atoms with Crippen molar-refractivity contribution < 1.29 is 9.90 Å². The summed E-state index contributed by atoms with van der Waals surface area (Å²) in [6.45, 7) is 4.04. The molecule has 0 spiro atoms. The number of amides is 1. The van der Waals surface area contributed by atoms with Gasteiger partial charge in [-0.25, -0.2) is 9.78 Å². The van der Waals surface area contributed by atoms with Gasteiger partial charge in [-0.15, -0.1) is 0 Å². The first-order chi connectivity index (χ1) is 15.1. The topological polar surface area (TPSA) is 70.4 Å². The Morgan fingerprint density at radius 1 is 1.10 bits per heavy atom. The highest BCUT2D eigenvalue weighted by Crippen LogP contribution is 2.38. The molecular formula is C25H30N4O2. The second kappa shape index (κ2) is 8.35. The lowest BCUT2D eigenvalue weighted by atomic mass is 9.95. The minimum atomic E-state index is -0.880. The van der Waals surface area contributed by atoms with E-state index in [4.69, 9.17) is 4.98 Å². The second-order valence-electron chi connectivity index (χ2n) is 8.84. The van der Waals surface area contributed by atoms with E-state index >= 15 is 0 Å². The van der Waals surface area contributed by atoms with Crippen LogP contribution < -0.4 is 10.2 Å². The van der Waals surface area contributed by atoms with Gasteiger partial charge in [-0.2, -0.15) is 0 Å². The SMILES string of the molecule is C[C@H]1CCc2c(ccc3c2nc(CCc2ccccc2)n3C2CCNCC2)N1C(=O)O. The Bertz CT molecular complexity index is 1090. The third-order valence-electron chi connectivity index (χ3n) is 6.89. The number of nitrogens with zero attached hydrogens (tertiary/aromatic N) is 3. The molecule has 2 N–H and O–H groups in total. The van der Waals surface area contributed by atoms with Gasteiger partial charge in [-0.3, -0.25) is 4.90 Å². The normalized spacial score (nSPS) is 19.5. The van der Waals surface area contributed by atoms with Crippen LogP contribution in [-0.2, 0) is 19.3 Å². The summed E-state index contributed by atoms with van der Waals surface area (Å²) in [5, 5.41) is 13.3. The van der Waals surface area contributed by atoms with E-state index < -0.39 is 6.09 Å². The Morgan fingerprint density at radius 2 is 1.87 bits per heavy atom. The van der Waals surface area contributed by atoms with Gasteiger partial charge in [0.15, 0.2) is 0 Å².